The Labute approximate surface area is 172 Å². The summed E-state index contributed by atoms with van der Waals surface area (Å²) in [5.74, 6) is 0.943. The maximum absolute atomic E-state index is 4.49. The lowest BCUT2D eigenvalue weighted by atomic mass is 10.2. The van der Waals surface area contributed by atoms with E-state index in [9.17, 15) is 0 Å². The van der Waals surface area contributed by atoms with Crippen molar-refractivity contribution in [3.8, 4) is 0 Å². The summed E-state index contributed by atoms with van der Waals surface area (Å²) in [5, 5.41) is 3.53. The first kappa shape index (κ1) is 18.8. The van der Waals surface area contributed by atoms with Crippen molar-refractivity contribution in [3.05, 3.63) is 71.8 Å². The zero-order chi connectivity index (χ0) is 17.1. The summed E-state index contributed by atoms with van der Waals surface area (Å²) >= 11 is 0. The van der Waals surface area contributed by atoms with Crippen LogP contribution in [0.25, 0.3) is 0 Å². The first-order valence-corrected chi connectivity index (χ1v) is 8.90. The van der Waals surface area contributed by atoms with Crippen LogP contribution in [0.4, 0.5) is 11.4 Å². The Balaban J connectivity index is 0.00000196. The SMILES string of the molecule is CN=C(NCc1cccc(N2CC=CC2)c1)N1CCc2ccccc21.I. The number of halogens is 1. The molecule has 0 saturated heterocycles. The number of hydrogen-bond donors (Lipinski definition) is 1. The number of aliphatic imine (C=N–C) groups is 1. The molecule has 0 spiro atoms. The molecule has 4 nitrogen and oxygen atoms in total. The second kappa shape index (κ2) is 8.58. The number of anilines is 2. The third-order valence-electron chi connectivity index (χ3n) is 4.90. The predicted octanol–water partition coefficient (Wildman–Crippen LogP) is 3.82. The molecule has 0 fully saturated rings. The van der Waals surface area contributed by atoms with Crippen molar-refractivity contribution in [1.82, 2.24) is 5.32 Å². The van der Waals surface area contributed by atoms with Crippen molar-refractivity contribution in [2.24, 2.45) is 4.99 Å². The summed E-state index contributed by atoms with van der Waals surface area (Å²) < 4.78 is 0. The van der Waals surface area contributed by atoms with E-state index in [-0.39, 0.29) is 24.0 Å². The molecule has 1 N–H and O–H groups in total. The summed E-state index contributed by atoms with van der Waals surface area (Å²) in [4.78, 5) is 9.15. The Morgan fingerprint density at radius 1 is 1.08 bits per heavy atom. The van der Waals surface area contributed by atoms with Gasteiger partial charge in [0.1, 0.15) is 0 Å². The highest BCUT2D eigenvalue weighted by Gasteiger charge is 2.22. The van der Waals surface area contributed by atoms with Crippen LogP contribution in [0.5, 0.6) is 0 Å². The van der Waals surface area contributed by atoms with Gasteiger partial charge in [0, 0.05) is 44.6 Å². The van der Waals surface area contributed by atoms with E-state index in [0.29, 0.717) is 0 Å². The van der Waals surface area contributed by atoms with Gasteiger partial charge in [-0.1, -0.05) is 42.5 Å². The molecule has 0 unspecified atom stereocenters. The van der Waals surface area contributed by atoms with Gasteiger partial charge in [-0.15, -0.1) is 24.0 Å². The Morgan fingerprint density at radius 2 is 1.88 bits per heavy atom. The smallest absolute Gasteiger partial charge is 0.198 e. The van der Waals surface area contributed by atoms with Gasteiger partial charge >= 0.3 is 0 Å². The van der Waals surface area contributed by atoms with Crippen molar-refractivity contribution in [3.63, 3.8) is 0 Å². The van der Waals surface area contributed by atoms with Gasteiger partial charge in [0.25, 0.3) is 0 Å². The number of hydrogen-bond acceptors (Lipinski definition) is 2. The third kappa shape index (κ3) is 3.87. The minimum Gasteiger partial charge on any atom is -0.364 e. The quantitative estimate of drug-likeness (QED) is 0.327. The fraction of sp³-hybridized carbons (Fsp3) is 0.286. The molecule has 0 bridgehead atoms. The zero-order valence-corrected chi connectivity index (χ0v) is 17.4. The van der Waals surface area contributed by atoms with Crippen LogP contribution in [0, 0.1) is 0 Å². The molecule has 2 heterocycles. The van der Waals surface area contributed by atoms with Crippen LogP contribution in [0.3, 0.4) is 0 Å². The Hall–Kier alpha value is -2.02. The number of rotatable bonds is 3. The number of para-hydroxylation sites is 1. The molecule has 0 amide bonds. The summed E-state index contributed by atoms with van der Waals surface area (Å²) in [6.45, 7) is 3.77. The van der Waals surface area contributed by atoms with Gasteiger partial charge in [0.15, 0.2) is 5.96 Å². The summed E-state index contributed by atoms with van der Waals surface area (Å²) in [7, 11) is 1.86. The van der Waals surface area contributed by atoms with Crippen LogP contribution in [0.2, 0.25) is 0 Å². The third-order valence-corrected chi connectivity index (χ3v) is 4.90. The number of benzene rings is 2. The average molecular weight is 460 g/mol. The lowest BCUT2D eigenvalue weighted by Crippen LogP contribution is -2.40. The minimum absolute atomic E-state index is 0. The van der Waals surface area contributed by atoms with E-state index in [1.54, 1.807) is 0 Å². The number of nitrogens with one attached hydrogen (secondary N) is 1. The van der Waals surface area contributed by atoms with Crippen molar-refractivity contribution in [2.45, 2.75) is 13.0 Å². The van der Waals surface area contributed by atoms with Gasteiger partial charge in [-0.05, 0) is 35.7 Å². The molecule has 2 aromatic carbocycles. The molecule has 2 aromatic rings. The second-order valence-corrected chi connectivity index (χ2v) is 6.48. The molecule has 0 saturated carbocycles. The van der Waals surface area contributed by atoms with E-state index < -0.39 is 0 Å². The number of nitrogens with zero attached hydrogens (tertiary/aromatic N) is 3. The summed E-state index contributed by atoms with van der Waals surface area (Å²) in [5.41, 5.74) is 5.23. The Bertz CT molecular complexity index is 807. The minimum atomic E-state index is 0. The highest BCUT2D eigenvalue weighted by atomic mass is 127. The molecular formula is C21H25IN4. The number of fused-ring (bicyclic) bond motifs is 1. The lowest BCUT2D eigenvalue weighted by molar-refractivity contribution is 0.865. The zero-order valence-electron chi connectivity index (χ0n) is 15.1. The molecule has 2 aliphatic rings. The topological polar surface area (TPSA) is 30.9 Å². The molecule has 4 rings (SSSR count). The standard InChI is InChI=1S/C21H24N4.HI/c1-22-21(25-14-11-18-8-2-3-10-20(18)25)23-16-17-7-6-9-19(15-17)24-12-4-5-13-24;/h2-10,15H,11-14,16H2,1H3,(H,22,23);1H. The Morgan fingerprint density at radius 3 is 2.69 bits per heavy atom. The average Bonchev–Trinajstić information content (AvgIpc) is 3.33. The molecule has 0 radical (unpaired) electrons. The molecule has 2 aliphatic heterocycles. The van der Waals surface area contributed by atoms with Gasteiger partial charge in [-0.25, -0.2) is 0 Å². The van der Waals surface area contributed by atoms with Crippen LogP contribution in [-0.2, 0) is 13.0 Å². The number of guanidine groups is 1. The molecule has 0 aliphatic carbocycles. The van der Waals surface area contributed by atoms with Crippen molar-refractivity contribution < 1.29 is 0 Å². The van der Waals surface area contributed by atoms with E-state index >= 15 is 0 Å². The summed E-state index contributed by atoms with van der Waals surface area (Å²) in [6, 6.07) is 17.3. The fourth-order valence-electron chi connectivity index (χ4n) is 3.59. The first-order chi connectivity index (χ1) is 12.3. The molecule has 26 heavy (non-hydrogen) atoms. The van der Waals surface area contributed by atoms with Crippen LogP contribution in [0.15, 0.2) is 65.7 Å². The van der Waals surface area contributed by atoms with Gasteiger partial charge in [-0.3, -0.25) is 4.99 Å². The van der Waals surface area contributed by atoms with E-state index in [1.165, 1.54) is 22.5 Å². The van der Waals surface area contributed by atoms with Crippen LogP contribution < -0.4 is 15.1 Å². The van der Waals surface area contributed by atoms with Gasteiger partial charge in [-0.2, -0.15) is 0 Å². The maximum atomic E-state index is 4.49. The first-order valence-electron chi connectivity index (χ1n) is 8.90. The molecule has 5 heteroatoms. The Kier molecular flexibility index (Phi) is 6.19. The van der Waals surface area contributed by atoms with Gasteiger partial charge in [0.05, 0.1) is 0 Å². The van der Waals surface area contributed by atoms with Gasteiger partial charge < -0.3 is 15.1 Å². The van der Waals surface area contributed by atoms with E-state index in [2.05, 4.69) is 80.8 Å². The van der Waals surface area contributed by atoms with Crippen LogP contribution in [0.1, 0.15) is 11.1 Å². The second-order valence-electron chi connectivity index (χ2n) is 6.48. The van der Waals surface area contributed by atoms with Crippen LogP contribution in [-0.4, -0.2) is 32.6 Å². The lowest BCUT2D eigenvalue weighted by Gasteiger charge is -2.23. The van der Waals surface area contributed by atoms with Crippen molar-refractivity contribution in [1.29, 1.82) is 0 Å². The predicted molar refractivity (Wildman–Crippen MR) is 121 cm³/mol. The molecule has 0 aromatic heterocycles. The monoisotopic (exact) mass is 460 g/mol. The van der Waals surface area contributed by atoms with E-state index in [1.807, 2.05) is 7.05 Å². The van der Waals surface area contributed by atoms with Crippen molar-refractivity contribution in [2.75, 3.05) is 36.5 Å². The molecule has 136 valence electrons. The molecular weight excluding hydrogens is 435 g/mol. The summed E-state index contributed by atoms with van der Waals surface area (Å²) in [6.07, 6.45) is 5.52. The molecule has 0 atom stereocenters. The highest BCUT2D eigenvalue weighted by molar-refractivity contribution is 14.0. The normalized spacial score (nSPS) is 15.8. The van der Waals surface area contributed by atoms with E-state index in [0.717, 1.165) is 38.6 Å². The largest absolute Gasteiger partial charge is 0.364 e. The van der Waals surface area contributed by atoms with Crippen LogP contribution >= 0.6 is 24.0 Å². The van der Waals surface area contributed by atoms with E-state index in [4.69, 9.17) is 0 Å². The fourth-order valence-corrected chi connectivity index (χ4v) is 3.59. The maximum Gasteiger partial charge on any atom is 0.198 e. The van der Waals surface area contributed by atoms with Crippen molar-refractivity contribution >= 4 is 41.3 Å². The van der Waals surface area contributed by atoms with Gasteiger partial charge in [0.2, 0.25) is 0 Å². The highest BCUT2D eigenvalue weighted by Crippen LogP contribution is 2.27.